The van der Waals surface area contributed by atoms with Crippen LogP contribution in [0.25, 0.3) is 4.91 Å². The molecular weight excluding hydrogens is 326 g/mol. The van der Waals surface area contributed by atoms with Crippen molar-refractivity contribution >= 4 is 28.9 Å². The SMILES string of the molecule is C=C(S/C(C(=O)OC)=C(/C)N)c1ccc(OCC(C)C)c(C=O)c1. The van der Waals surface area contributed by atoms with Crippen LogP contribution in [-0.2, 0) is 9.53 Å². The largest absolute Gasteiger partial charge is 0.493 e. The zero-order chi connectivity index (χ0) is 18.3. The number of nitrogens with two attached hydrogens (primary N) is 1. The van der Waals surface area contributed by atoms with Crippen LogP contribution >= 0.6 is 11.8 Å². The van der Waals surface area contributed by atoms with E-state index in [4.69, 9.17) is 15.2 Å². The van der Waals surface area contributed by atoms with Crippen molar-refractivity contribution < 1.29 is 19.1 Å². The Labute approximate surface area is 146 Å². The van der Waals surface area contributed by atoms with Crippen LogP contribution in [0, 0.1) is 5.92 Å². The summed E-state index contributed by atoms with van der Waals surface area (Å²) in [4.78, 5) is 23.9. The summed E-state index contributed by atoms with van der Waals surface area (Å²) >= 11 is 1.11. The fraction of sp³-hybridized carbons (Fsp3) is 0.333. The summed E-state index contributed by atoms with van der Waals surface area (Å²) in [7, 11) is 1.29. The lowest BCUT2D eigenvalue weighted by molar-refractivity contribution is -0.135. The third-order valence-electron chi connectivity index (χ3n) is 2.99. The van der Waals surface area contributed by atoms with Gasteiger partial charge < -0.3 is 15.2 Å². The van der Waals surface area contributed by atoms with Crippen LogP contribution in [0.4, 0.5) is 0 Å². The molecule has 0 saturated carbocycles. The number of carbonyl (C=O) groups is 2. The first-order valence-electron chi connectivity index (χ1n) is 7.44. The Bertz CT molecular complexity index is 661. The standard InChI is InChI=1S/C18H23NO4S/c1-11(2)10-23-16-7-6-14(8-15(16)9-20)13(4)24-17(12(3)19)18(21)22-5/h6-9,11H,4,10,19H2,1-3,5H3/b17-12-. The van der Waals surface area contributed by atoms with E-state index in [-0.39, 0.29) is 4.91 Å². The number of benzene rings is 1. The van der Waals surface area contributed by atoms with Gasteiger partial charge in [-0.05, 0) is 30.5 Å². The van der Waals surface area contributed by atoms with Crippen LogP contribution in [-0.4, -0.2) is 26.0 Å². The van der Waals surface area contributed by atoms with E-state index < -0.39 is 5.97 Å². The van der Waals surface area contributed by atoms with Crippen LogP contribution in [0.1, 0.15) is 36.7 Å². The molecule has 0 aliphatic heterocycles. The van der Waals surface area contributed by atoms with E-state index in [1.165, 1.54) is 7.11 Å². The van der Waals surface area contributed by atoms with E-state index >= 15 is 0 Å². The smallest absolute Gasteiger partial charge is 0.346 e. The van der Waals surface area contributed by atoms with Gasteiger partial charge in [-0.2, -0.15) is 0 Å². The Hall–Kier alpha value is -2.21. The van der Waals surface area contributed by atoms with Gasteiger partial charge in [0.05, 0.1) is 19.3 Å². The second-order valence-corrected chi connectivity index (χ2v) is 6.71. The number of ether oxygens (including phenoxy) is 2. The first-order valence-corrected chi connectivity index (χ1v) is 8.25. The molecule has 0 aliphatic carbocycles. The molecule has 6 heteroatoms. The Kier molecular flexibility index (Phi) is 7.58. The molecule has 0 saturated heterocycles. The predicted molar refractivity (Wildman–Crippen MR) is 97.7 cm³/mol. The molecule has 1 aromatic rings. The molecule has 0 radical (unpaired) electrons. The molecule has 130 valence electrons. The first-order chi connectivity index (χ1) is 11.3. The van der Waals surface area contributed by atoms with E-state index in [0.717, 1.165) is 18.0 Å². The van der Waals surface area contributed by atoms with Gasteiger partial charge in [-0.15, -0.1) is 0 Å². The number of esters is 1. The molecule has 0 aliphatic rings. The molecule has 1 rings (SSSR count). The number of allylic oxidation sites excluding steroid dienone is 1. The maximum absolute atomic E-state index is 11.7. The number of thioether (sulfide) groups is 1. The molecular formula is C18H23NO4S. The maximum Gasteiger partial charge on any atom is 0.346 e. The van der Waals surface area contributed by atoms with Crippen LogP contribution in [0.15, 0.2) is 35.4 Å². The quantitative estimate of drug-likeness (QED) is 0.439. The minimum absolute atomic E-state index is 0.273. The van der Waals surface area contributed by atoms with Crippen LogP contribution in [0.3, 0.4) is 0 Å². The Balaban J connectivity index is 3.01. The summed E-state index contributed by atoms with van der Waals surface area (Å²) in [6.45, 7) is 10.2. The second-order valence-electron chi connectivity index (χ2n) is 5.60. The molecule has 5 nitrogen and oxygen atoms in total. The predicted octanol–water partition coefficient (Wildman–Crippen LogP) is 3.60. The highest BCUT2D eigenvalue weighted by Gasteiger charge is 2.16. The summed E-state index contributed by atoms with van der Waals surface area (Å²) < 4.78 is 10.3. The zero-order valence-corrected chi connectivity index (χ0v) is 15.2. The van der Waals surface area contributed by atoms with E-state index in [1.807, 2.05) is 13.8 Å². The van der Waals surface area contributed by atoms with E-state index in [9.17, 15) is 9.59 Å². The van der Waals surface area contributed by atoms with Crippen molar-refractivity contribution in [3.63, 3.8) is 0 Å². The van der Waals surface area contributed by atoms with Crippen molar-refractivity contribution in [2.75, 3.05) is 13.7 Å². The lowest BCUT2D eigenvalue weighted by Crippen LogP contribution is -2.08. The number of hydrogen-bond acceptors (Lipinski definition) is 6. The van der Waals surface area contributed by atoms with Crippen LogP contribution < -0.4 is 10.5 Å². The molecule has 0 bridgehead atoms. The molecule has 0 aromatic heterocycles. The van der Waals surface area contributed by atoms with Gasteiger partial charge in [-0.1, -0.05) is 38.3 Å². The van der Waals surface area contributed by atoms with Crippen molar-refractivity contribution in [3.8, 4) is 5.75 Å². The molecule has 0 amide bonds. The summed E-state index contributed by atoms with van der Waals surface area (Å²) in [6.07, 6.45) is 0.738. The lowest BCUT2D eigenvalue weighted by Gasteiger charge is -2.13. The van der Waals surface area contributed by atoms with Gasteiger partial charge in [0.2, 0.25) is 0 Å². The van der Waals surface area contributed by atoms with Gasteiger partial charge >= 0.3 is 5.97 Å². The Morgan fingerprint density at radius 1 is 1.42 bits per heavy atom. The topological polar surface area (TPSA) is 78.6 Å². The van der Waals surface area contributed by atoms with Gasteiger partial charge in [0, 0.05) is 10.6 Å². The van der Waals surface area contributed by atoms with Crippen molar-refractivity contribution in [2.45, 2.75) is 20.8 Å². The average molecular weight is 349 g/mol. The molecule has 24 heavy (non-hydrogen) atoms. The second kappa shape index (κ2) is 9.17. The van der Waals surface area contributed by atoms with Crippen LogP contribution in [0.2, 0.25) is 0 Å². The van der Waals surface area contributed by atoms with Gasteiger partial charge in [-0.25, -0.2) is 4.79 Å². The molecule has 0 atom stereocenters. The van der Waals surface area contributed by atoms with E-state index in [2.05, 4.69) is 6.58 Å². The molecule has 0 unspecified atom stereocenters. The molecule has 0 heterocycles. The van der Waals surface area contributed by atoms with Crippen LogP contribution in [0.5, 0.6) is 5.75 Å². The van der Waals surface area contributed by atoms with Crippen molar-refractivity contribution in [3.05, 3.63) is 46.5 Å². The number of methoxy groups -OCH3 is 1. The third-order valence-corrected chi connectivity index (χ3v) is 4.16. The zero-order valence-electron chi connectivity index (χ0n) is 14.4. The summed E-state index contributed by atoms with van der Waals surface area (Å²) in [5.41, 5.74) is 7.22. The Morgan fingerprint density at radius 2 is 2.08 bits per heavy atom. The first kappa shape index (κ1) is 19.8. The highest BCUT2D eigenvalue weighted by Crippen LogP contribution is 2.35. The molecule has 0 fully saturated rings. The van der Waals surface area contributed by atoms with E-state index in [0.29, 0.717) is 40.0 Å². The highest BCUT2D eigenvalue weighted by molar-refractivity contribution is 8.12. The van der Waals surface area contributed by atoms with E-state index in [1.54, 1.807) is 25.1 Å². The summed E-state index contributed by atoms with van der Waals surface area (Å²) in [6, 6.07) is 5.20. The summed E-state index contributed by atoms with van der Waals surface area (Å²) in [5.74, 6) is 0.364. The molecule has 2 N–H and O–H groups in total. The Morgan fingerprint density at radius 3 is 2.58 bits per heavy atom. The molecule has 0 spiro atoms. The normalized spacial score (nSPS) is 11.7. The number of hydrogen-bond donors (Lipinski definition) is 1. The number of carbonyl (C=O) groups excluding carboxylic acids is 2. The fourth-order valence-corrected chi connectivity index (χ4v) is 2.58. The monoisotopic (exact) mass is 349 g/mol. The van der Waals surface area contributed by atoms with Crippen molar-refractivity contribution in [1.29, 1.82) is 0 Å². The number of aldehydes is 1. The van der Waals surface area contributed by atoms with Gasteiger partial charge in [0.15, 0.2) is 6.29 Å². The average Bonchev–Trinajstić information content (AvgIpc) is 2.56. The minimum atomic E-state index is -0.520. The van der Waals surface area contributed by atoms with Crippen molar-refractivity contribution in [1.82, 2.24) is 0 Å². The highest BCUT2D eigenvalue weighted by atomic mass is 32.2. The van der Waals surface area contributed by atoms with Crippen molar-refractivity contribution in [2.24, 2.45) is 11.7 Å². The van der Waals surface area contributed by atoms with Gasteiger partial charge in [0.1, 0.15) is 10.7 Å². The fourth-order valence-electron chi connectivity index (χ4n) is 1.76. The summed E-state index contributed by atoms with van der Waals surface area (Å²) in [5, 5.41) is 0. The molecule has 1 aromatic carbocycles. The minimum Gasteiger partial charge on any atom is -0.493 e. The third kappa shape index (κ3) is 5.45. The van der Waals surface area contributed by atoms with Gasteiger partial charge in [0.25, 0.3) is 0 Å². The lowest BCUT2D eigenvalue weighted by atomic mass is 10.1. The maximum atomic E-state index is 11.7. The van der Waals surface area contributed by atoms with Gasteiger partial charge in [-0.3, -0.25) is 4.79 Å². The number of rotatable bonds is 8.